The molecule has 1 N–H and O–H groups in total. The molecule has 0 fully saturated rings. The fourth-order valence-electron chi connectivity index (χ4n) is 3.44. The van der Waals surface area contributed by atoms with E-state index in [-0.39, 0.29) is 5.91 Å². The molecular weight excluding hydrogens is 324 g/mol. The highest BCUT2D eigenvalue weighted by Gasteiger charge is 2.20. The average Bonchev–Trinajstić information content (AvgIpc) is 3.01. The van der Waals surface area contributed by atoms with Crippen LogP contribution in [0.2, 0.25) is 0 Å². The van der Waals surface area contributed by atoms with Crippen LogP contribution in [0.25, 0.3) is 10.9 Å². The molecule has 1 aromatic carbocycles. The monoisotopic (exact) mass is 358 g/mol. The maximum Gasteiger partial charge on any atom is 0.222 e. The number of benzene rings is 1. The Kier molecular flexibility index (Phi) is 8.10. The summed E-state index contributed by atoms with van der Waals surface area (Å²) in [6.45, 7) is 9.61. The second kappa shape index (κ2) is 10.3. The third kappa shape index (κ3) is 5.07. The van der Waals surface area contributed by atoms with Crippen molar-refractivity contribution in [3.05, 3.63) is 30.0 Å². The van der Waals surface area contributed by atoms with Gasteiger partial charge in [-0.3, -0.25) is 9.48 Å². The molecule has 0 aliphatic heterocycles. The van der Waals surface area contributed by atoms with E-state index < -0.39 is 0 Å². The van der Waals surface area contributed by atoms with Crippen molar-refractivity contribution >= 4 is 16.8 Å². The summed E-state index contributed by atoms with van der Waals surface area (Å²) in [5.74, 6) is 0.726. The van der Waals surface area contributed by atoms with Gasteiger partial charge in [-0.1, -0.05) is 45.4 Å². The van der Waals surface area contributed by atoms with E-state index in [2.05, 4.69) is 48.1 Å². The fraction of sp³-hybridized carbons (Fsp3) is 0.619. The summed E-state index contributed by atoms with van der Waals surface area (Å²) in [5.41, 5.74) is 2.18. The molecule has 0 spiro atoms. The average molecular weight is 359 g/mol. The molecule has 1 heterocycles. The van der Waals surface area contributed by atoms with Crippen molar-refractivity contribution in [2.75, 3.05) is 20.1 Å². The van der Waals surface area contributed by atoms with Gasteiger partial charge in [0.1, 0.15) is 0 Å². The van der Waals surface area contributed by atoms with Gasteiger partial charge in [0, 0.05) is 24.9 Å². The normalized spacial score (nSPS) is 12.5. The molecule has 5 nitrogen and oxygen atoms in total. The summed E-state index contributed by atoms with van der Waals surface area (Å²) in [7, 11) is 1.98. The Hall–Kier alpha value is -1.88. The number of para-hydroxylation sites is 1. The van der Waals surface area contributed by atoms with E-state index in [1.807, 2.05) is 18.9 Å². The number of aryl methyl sites for hydroxylation is 1. The van der Waals surface area contributed by atoms with Crippen molar-refractivity contribution in [3.63, 3.8) is 0 Å². The van der Waals surface area contributed by atoms with Crippen LogP contribution in [0.3, 0.4) is 0 Å². The lowest BCUT2D eigenvalue weighted by molar-refractivity contribution is -0.132. The Balaban J connectivity index is 2.25. The zero-order valence-electron chi connectivity index (χ0n) is 16.8. The van der Waals surface area contributed by atoms with Crippen molar-refractivity contribution in [1.82, 2.24) is 20.0 Å². The first-order chi connectivity index (χ1) is 12.6. The summed E-state index contributed by atoms with van der Waals surface area (Å²) < 4.78 is 2.08. The van der Waals surface area contributed by atoms with E-state index in [0.717, 1.165) is 55.5 Å². The zero-order chi connectivity index (χ0) is 18.9. The Morgan fingerprint density at radius 3 is 2.69 bits per heavy atom. The summed E-state index contributed by atoms with van der Waals surface area (Å²) in [6.07, 6.45) is 3.76. The van der Waals surface area contributed by atoms with Crippen LogP contribution in [-0.4, -0.2) is 40.7 Å². The van der Waals surface area contributed by atoms with E-state index >= 15 is 0 Å². The van der Waals surface area contributed by atoms with Gasteiger partial charge in [-0.15, -0.1) is 0 Å². The minimum absolute atomic E-state index is 0.210. The maximum absolute atomic E-state index is 12.6. The Labute approximate surface area is 157 Å². The minimum Gasteiger partial charge on any atom is -0.336 e. The van der Waals surface area contributed by atoms with Crippen LogP contribution >= 0.6 is 0 Å². The van der Waals surface area contributed by atoms with E-state index in [9.17, 15) is 4.79 Å². The van der Waals surface area contributed by atoms with Crippen molar-refractivity contribution in [2.45, 2.75) is 59.5 Å². The van der Waals surface area contributed by atoms with Crippen LogP contribution in [-0.2, 0) is 17.9 Å². The standard InChI is InChI=1S/C21H34N4O/c1-5-14-25-20-11-9-8-10-18(20)19(23-25)16-24(21(26)7-3)15-17(6-2)12-13-22-4/h8-11,17,22H,5-7,12-16H2,1-4H3. The van der Waals surface area contributed by atoms with Crippen molar-refractivity contribution in [3.8, 4) is 0 Å². The van der Waals surface area contributed by atoms with E-state index in [4.69, 9.17) is 5.10 Å². The van der Waals surface area contributed by atoms with Gasteiger partial charge < -0.3 is 10.2 Å². The number of aromatic nitrogens is 2. The SMILES string of the molecule is CCCn1nc(CN(CC(CC)CCNC)C(=O)CC)c2ccccc21. The first kappa shape index (κ1) is 20.4. The second-order valence-electron chi connectivity index (χ2n) is 6.98. The van der Waals surface area contributed by atoms with Gasteiger partial charge in [-0.25, -0.2) is 0 Å². The van der Waals surface area contributed by atoms with Gasteiger partial charge in [0.05, 0.1) is 17.8 Å². The molecular formula is C21H34N4O. The predicted molar refractivity (Wildman–Crippen MR) is 108 cm³/mol. The van der Waals surface area contributed by atoms with Gasteiger partial charge in [0.15, 0.2) is 0 Å². The molecule has 5 heteroatoms. The number of nitrogens with zero attached hydrogens (tertiary/aromatic N) is 3. The summed E-state index contributed by atoms with van der Waals surface area (Å²) >= 11 is 0. The van der Waals surface area contributed by atoms with Crippen molar-refractivity contribution in [2.24, 2.45) is 5.92 Å². The van der Waals surface area contributed by atoms with Crippen LogP contribution in [0.4, 0.5) is 0 Å². The number of hydrogen-bond donors (Lipinski definition) is 1. The first-order valence-electron chi connectivity index (χ1n) is 10.0. The van der Waals surface area contributed by atoms with E-state index in [1.54, 1.807) is 0 Å². The van der Waals surface area contributed by atoms with Crippen LogP contribution in [0, 0.1) is 5.92 Å². The Bertz CT molecular complexity index is 694. The molecule has 0 radical (unpaired) electrons. The lowest BCUT2D eigenvalue weighted by atomic mass is 10.0. The molecule has 1 atom stereocenters. The molecule has 0 saturated heterocycles. The number of nitrogens with one attached hydrogen (secondary N) is 1. The van der Waals surface area contributed by atoms with Crippen LogP contribution < -0.4 is 5.32 Å². The molecule has 144 valence electrons. The number of fused-ring (bicyclic) bond motifs is 1. The third-order valence-electron chi connectivity index (χ3n) is 5.02. The molecule has 1 amide bonds. The number of carbonyl (C=O) groups excluding carboxylic acids is 1. The van der Waals surface area contributed by atoms with Crippen LogP contribution in [0.5, 0.6) is 0 Å². The van der Waals surface area contributed by atoms with Crippen molar-refractivity contribution < 1.29 is 4.79 Å². The van der Waals surface area contributed by atoms with Gasteiger partial charge in [0.2, 0.25) is 5.91 Å². The number of hydrogen-bond acceptors (Lipinski definition) is 3. The lowest BCUT2D eigenvalue weighted by Crippen LogP contribution is -2.35. The number of rotatable bonds is 11. The van der Waals surface area contributed by atoms with E-state index in [0.29, 0.717) is 18.9 Å². The largest absolute Gasteiger partial charge is 0.336 e. The molecule has 0 aliphatic rings. The topological polar surface area (TPSA) is 50.2 Å². The Morgan fingerprint density at radius 1 is 1.27 bits per heavy atom. The summed E-state index contributed by atoms with van der Waals surface area (Å²) in [4.78, 5) is 14.6. The maximum atomic E-state index is 12.6. The van der Waals surface area contributed by atoms with Gasteiger partial charge in [0.25, 0.3) is 0 Å². The zero-order valence-corrected chi connectivity index (χ0v) is 16.8. The van der Waals surface area contributed by atoms with Crippen LogP contribution in [0.1, 0.15) is 52.1 Å². The van der Waals surface area contributed by atoms with Gasteiger partial charge in [-0.05, 0) is 38.4 Å². The highest BCUT2D eigenvalue weighted by molar-refractivity contribution is 5.83. The minimum atomic E-state index is 0.210. The fourth-order valence-corrected chi connectivity index (χ4v) is 3.44. The Morgan fingerprint density at radius 2 is 2.04 bits per heavy atom. The quantitative estimate of drug-likeness (QED) is 0.664. The molecule has 0 aliphatic carbocycles. The van der Waals surface area contributed by atoms with Gasteiger partial charge in [-0.2, -0.15) is 5.10 Å². The van der Waals surface area contributed by atoms with Crippen molar-refractivity contribution in [1.29, 1.82) is 0 Å². The molecule has 1 aromatic heterocycles. The molecule has 0 bridgehead atoms. The highest BCUT2D eigenvalue weighted by Crippen LogP contribution is 2.22. The van der Waals surface area contributed by atoms with Crippen LogP contribution in [0.15, 0.2) is 24.3 Å². The molecule has 0 saturated carbocycles. The highest BCUT2D eigenvalue weighted by atomic mass is 16.2. The lowest BCUT2D eigenvalue weighted by Gasteiger charge is -2.26. The summed E-state index contributed by atoms with van der Waals surface area (Å²) in [5, 5.41) is 9.23. The number of carbonyl (C=O) groups is 1. The molecule has 26 heavy (non-hydrogen) atoms. The third-order valence-corrected chi connectivity index (χ3v) is 5.02. The molecule has 2 rings (SSSR count). The summed E-state index contributed by atoms with van der Waals surface area (Å²) in [6, 6.07) is 8.35. The molecule has 2 aromatic rings. The van der Waals surface area contributed by atoms with Gasteiger partial charge >= 0.3 is 0 Å². The smallest absolute Gasteiger partial charge is 0.222 e. The number of amides is 1. The van der Waals surface area contributed by atoms with E-state index in [1.165, 1.54) is 0 Å². The molecule has 1 unspecified atom stereocenters. The predicted octanol–water partition coefficient (Wildman–Crippen LogP) is 3.82. The second-order valence-corrected chi connectivity index (χ2v) is 6.98. The first-order valence-corrected chi connectivity index (χ1v) is 10.0.